The summed E-state index contributed by atoms with van der Waals surface area (Å²) >= 11 is 1.74. The van der Waals surface area contributed by atoms with Crippen LogP contribution in [-0.4, -0.2) is 58.0 Å². The third-order valence-electron chi connectivity index (χ3n) is 2.55. The first-order valence-corrected chi connectivity index (χ1v) is 8.55. The Hall–Kier alpha value is 0.180. The van der Waals surface area contributed by atoms with Crippen LogP contribution in [0.2, 0.25) is 0 Å². The minimum Gasteiger partial charge on any atom is -0.320 e. The maximum absolute atomic E-state index is 11.8. The van der Waals surface area contributed by atoms with Crippen LogP contribution in [0.4, 0.5) is 0 Å². The quantitative estimate of drug-likeness (QED) is 0.573. The van der Waals surface area contributed by atoms with Gasteiger partial charge in [0.25, 0.3) is 10.2 Å². The predicted octanol–water partition coefficient (Wildman–Crippen LogP) is 0.504. The number of hydrogen-bond acceptors (Lipinski definition) is 4. The molecule has 0 aromatic carbocycles. The fourth-order valence-corrected chi connectivity index (χ4v) is 2.54. The van der Waals surface area contributed by atoms with Crippen molar-refractivity contribution in [3.8, 4) is 0 Å². The molecule has 0 fully saturated rings. The molecule has 0 radical (unpaired) electrons. The van der Waals surface area contributed by atoms with Gasteiger partial charge in [0.15, 0.2) is 0 Å². The van der Waals surface area contributed by atoms with Crippen LogP contribution in [0.15, 0.2) is 0 Å². The second kappa shape index (κ2) is 9.16. The molecule has 0 aromatic rings. The van der Waals surface area contributed by atoms with Gasteiger partial charge in [-0.15, -0.1) is 0 Å². The first-order chi connectivity index (χ1) is 7.94. The summed E-state index contributed by atoms with van der Waals surface area (Å²) in [6.45, 7) is 3.95. The molecular weight excluding hydrogens is 258 g/mol. The highest BCUT2D eigenvalue weighted by Crippen LogP contribution is 2.08. The van der Waals surface area contributed by atoms with Crippen molar-refractivity contribution >= 4 is 22.0 Å². The highest BCUT2D eigenvalue weighted by molar-refractivity contribution is 7.99. The molecule has 0 bridgehead atoms. The summed E-state index contributed by atoms with van der Waals surface area (Å²) in [5, 5.41) is 3.47. The van der Waals surface area contributed by atoms with Crippen LogP contribution >= 0.6 is 11.8 Å². The molecule has 0 amide bonds. The zero-order valence-electron chi connectivity index (χ0n) is 11.2. The molecule has 1 unspecified atom stereocenters. The van der Waals surface area contributed by atoms with Crippen molar-refractivity contribution in [3.05, 3.63) is 0 Å². The molecule has 0 saturated carbocycles. The summed E-state index contributed by atoms with van der Waals surface area (Å²) in [5.41, 5.74) is 0. The van der Waals surface area contributed by atoms with Crippen LogP contribution in [0.25, 0.3) is 0 Å². The molecule has 0 aliphatic carbocycles. The van der Waals surface area contributed by atoms with Crippen molar-refractivity contribution < 1.29 is 8.42 Å². The molecule has 0 heterocycles. The van der Waals surface area contributed by atoms with Gasteiger partial charge >= 0.3 is 0 Å². The van der Waals surface area contributed by atoms with E-state index in [2.05, 4.69) is 17.0 Å². The summed E-state index contributed by atoms with van der Waals surface area (Å²) in [5.74, 6) is 0. The smallest absolute Gasteiger partial charge is 0.279 e. The fourth-order valence-electron chi connectivity index (χ4n) is 1.22. The van der Waals surface area contributed by atoms with Gasteiger partial charge in [0.2, 0.25) is 0 Å². The number of nitrogens with zero attached hydrogens (tertiary/aromatic N) is 1. The lowest BCUT2D eigenvalue weighted by atomic mass is 10.3. The normalized spacial score (nSPS) is 14.2. The first-order valence-electron chi connectivity index (χ1n) is 5.82. The van der Waals surface area contributed by atoms with Gasteiger partial charge < -0.3 is 5.32 Å². The van der Waals surface area contributed by atoms with Gasteiger partial charge in [-0.2, -0.15) is 24.5 Å². The lowest BCUT2D eigenvalue weighted by Crippen LogP contribution is -2.40. The van der Waals surface area contributed by atoms with Gasteiger partial charge in [-0.3, -0.25) is 0 Å². The summed E-state index contributed by atoms with van der Waals surface area (Å²) < 4.78 is 27.5. The Labute approximate surface area is 110 Å². The fraction of sp³-hybridized carbons (Fsp3) is 1.00. The molecule has 0 spiro atoms. The zero-order chi connectivity index (χ0) is 13.3. The SMILES string of the molecule is CNCCCN(C)S(=O)(=O)NCCC(C)SC. The van der Waals surface area contributed by atoms with E-state index in [0.29, 0.717) is 18.3 Å². The van der Waals surface area contributed by atoms with Crippen molar-refractivity contribution in [1.82, 2.24) is 14.3 Å². The maximum atomic E-state index is 11.8. The largest absolute Gasteiger partial charge is 0.320 e. The van der Waals surface area contributed by atoms with Crippen molar-refractivity contribution in [2.45, 2.75) is 25.0 Å². The second-order valence-corrected chi connectivity index (χ2v) is 7.15. The molecule has 0 aliphatic rings. The Morgan fingerprint density at radius 3 is 2.53 bits per heavy atom. The molecule has 5 nitrogen and oxygen atoms in total. The molecule has 1 atom stereocenters. The number of nitrogens with one attached hydrogen (secondary N) is 2. The van der Waals surface area contributed by atoms with Crippen LogP contribution in [0.5, 0.6) is 0 Å². The van der Waals surface area contributed by atoms with Gasteiger partial charge in [-0.05, 0) is 32.7 Å². The predicted molar refractivity (Wildman–Crippen MR) is 75.7 cm³/mol. The Bertz CT molecular complexity index is 283. The van der Waals surface area contributed by atoms with Gasteiger partial charge in [-0.1, -0.05) is 6.92 Å². The highest BCUT2D eigenvalue weighted by atomic mass is 32.2. The standard InChI is InChI=1S/C10H25N3O2S2/c1-10(16-4)6-8-12-17(14,15)13(3)9-5-7-11-2/h10-12H,5-9H2,1-4H3. The molecule has 17 heavy (non-hydrogen) atoms. The van der Waals surface area contributed by atoms with Crippen LogP contribution < -0.4 is 10.0 Å². The van der Waals surface area contributed by atoms with E-state index in [4.69, 9.17) is 0 Å². The number of hydrogen-bond donors (Lipinski definition) is 2. The molecule has 104 valence electrons. The van der Waals surface area contributed by atoms with E-state index >= 15 is 0 Å². The summed E-state index contributed by atoms with van der Waals surface area (Å²) in [6.07, 6.45) is 3.70. The molecule has 0 aliphatic heterocycles. The molecule has 2 N–H and O–H groups in total. The van der Waals surface area contributed by atoms with Gasteiger partial charge in [0, 0.05) is 25.4 Å². The Balaban J connectivity index is 3.92. The highest BCUT2D eigenvalue weighted by Gasteiger charge is 2.16. The van der Waals surface area contributed by atoms with E-state index in [1.54, 1.807) is 18.8 Å². The molecule has 0 saturated heterocycles. The van der Waals surface area contributed by atoms with Gasteiger partial charge in [0.05, 0.1) is 0 Å². The van der Waals surface area contributed by atoms with Crippen molar-refractivity contribution in [3.63, 3.8) is 0 Å². The van der Waals surface area contributed by atoms with Crippen molar-refractivity contribution in [1.29, 1.82) is 0 Å². The number of thioether (sulfide) groups is 1. The Kier molecular flexibility index (Phi) is 9.25. The van der Waals surface area contributed by atoms with Gasteiger partial charge in [0.1, 0.15) is 0 Å². The maximum Gasteiger partial charge on any atom is 0.279 e. The van der Waals surface area contributed by atoms with Crippen molar-refractivity contribution in [2.75, 3.05) is 40.0 Å². The Morgan fingerprint density at radius 2 is 2.00 bits per heavy atom. The molecule has 0 aromatic heterocycles. The summed E-state index contributed by atoms with van der Waals surface area (Å²) in [6, 6.07) is 0. The van der Waals surface area contributed by atoms with Crippen LogP contribution in [0.1, 0.15) is 19.8 Å². The summed E-state index contributed by atoms with van der Waals surface area (Å²) in [7, 11) is 0.166. The first kappa shape index (κ1) is 17.2. The number of rotatable bonds is 10. The second-order valence-electron chi connectivity index (χ2n) is 4.01. The topological polar surface area (TPSA) is 61.4 Å². The Morgan fingerprint density at radius 1 is 1.35 bits per heavy atom. The lowest BCUT2D eigenvalue weighted by Gasteiger charge is -2.18. The zero-order valence-corrected chi connectivity index (χ0v) is 12.8. The van der Waals surface area contributed by atoms with E-state index < -0.39 is 10.2 Å². The average Bonchev–Trinajstić information content (AvgIpc) is 2.28. The van der Waals surface area contributed by atoms with E-state index in [1.807, 2.05) is 13.3 Å². The third kappa shape index (κ3) is 7.99. The lowest BCUT2D eigenvalue weighted by molar-refractivity contribution is 0.447. The van der Waals surface area contributed by atoms with Crippen molar-refractivity contribution in [2.24, 2.45) is 0 Å². The van der Waals surface area contributed by atoms with Crippen LogP contribution in [0.3, 0.4) is 0 Å². The molecule has 7 heteroatoms. The van der Waals surface area contributed by atoms with Crippen LogP contribution in [-0.2, 0) is 10.2 Å². The molecule has 0 rings (SSSR count). The molecular formula is C10H25N3O2S2. The van der Waals surface area contributed by atoms with Crippen LogP contribution in [0, 0.1) is 0 Å². The minimum atomic E-state index is -3.30. The van der Waals surface area contributed by atoms with Gasteiger partial charge in [-0.25, -0.2) is 4.72 Å². The minimum absolute atomic E-state index is 0.479. The average molecular weight is 283 g/mol. The monoisotopic (exact) mass is 283 g/mol. The van der Waals surface area contributed by atoms with E-state index in [9.17, 15) is 8.42 Å². The van der Waals surface area contributed by atoms with E-state index in [-0.39, 0.29) is 0 Å². The third-order valence-corrected chi connectivity index (χ3v) is 5.16. The van der Waals surface area contributed by atoms with E-state index in [0.717, 1.165) is 19.4 Å². The van der Waals surface area contributed by atoms with E-state index in [1.165, 1.54) is 4.31 Å². The summed E-state index contributed by atoms with van der Waals surface area (Å²) in [4.78, 5) is 0.